The molecule has 2 aromatic carbocycles. The minimum absolute atomic E-state index is 0.0415. The van der Waals surface area contributed by atoms with Gasteiger partial charge in [-0.25, -0.2) is 0 Å². The van der Waals surface area contributed by atoms with Crippen LogP contribution in [0.1, 0.15) is 17.5 Å². The van der Waals surface area contributed by atoms with Gasteiger partial charge in [0.2, 0.25) is 5.91 Å². The highest BCUT2D eigenvalue weighted by Gasteiger charge is 2.32. The van der Waals surface area contributed by atoms with Gasteiger partial charge in [0.15, 0.2) is 0 Å². The van der Waals surface area contributed by atoms with E-state index in [1.165, 1.54) is 0 Å². The zero-order chi connectivity index (χ0) is 23.0. The van der Waals surface area contributed by atoms with Crippen LogP contribution in [0.3, 0.4) is 0 Å². The maximum Gasteiger partial charge on any atom is 0.224 e. The lowest BCUT2D eigenvalue weighted by molar-refractivity contribution is -0.128. The van der Waals surface area contributed by atoms with Gasteiger partial charge in [0, 0.05) is 45.8 Å². The second-order valence-corrected chi connectivity index (χ2v) is 9.14. The number of ether oxygens (including phenoxy) is 2. The van der Waals surface area contributed by atoms with Gasteiger partial charge in [-0.3, -0.25) is 14.6 Å². The number of nitrogens with one attached hydrogen (secondary N) is 1. The highest BCUT2D eigenvalue weighted by Crippen LogP contribution is 2.25. The van der Waals surface area contributed by atoms with Gasteiger partial charge < -0.3 is 19.9 Å². The van der Waals surface area contributed by atoms with Crippen molar-refractivity contribution in [2.45, 2.75) is 19.5 Å². The Kier molecular flexibility index (Phi) is 8.20. The molecule has 33 heavy (non-hydrogen) atoms. The molecule has 2 N–H and O–H groups in total. The number of rotatable bonds is 8. The molecule has 178 valence electrons. The van der Waals surface area contributed by atoms with E-state index in [1.54, 1.807) is 19.2 Å². The van der Waals surface area contributed by atoms with Crippen LogP contribution in [0.5, 0.6) is 11.5 Å². The number of amides is 1. The Hall–Kier alpha value is -2.61. The number of carbonyl (C=O) groups is 1. The van der Waals surface area contributed by atoms with Gasteiger partial charge in [-0.15, -0.1) is 0 Å². The molecule has 2 fully saturated rings. The number of piperidine rings is 1. The summed E-state index contributed by atoms with van der Waals surface area (Å²) in [4.78, 5) is 18.0. The fourth-order valence-corrected chi connectivity index (χ4v) is 4.84. The number of aromatic hydroxyl groups is 1. The van der Waals surface area contributed by atoms with Crippen molar-refractivity contribution in [2.24, 2.45) is 11.8 Å². The van der Waals surface area contributed by atoms with Gasteiger partial charge in [0.05, 0.1) is 26.2 Å². The number of hydrogen-bond acceptors (Lipinski definition) is 6. The predicted molar refractivity (Wildman–Crippen MR) is 127 cm³/mol. The van der Waals surface area contributed by atoms with Gasteiger partial charge in [-0.2, -0.15) is 0 Å². The quantitative estimate of drug-likeness (QED) is 0.640. The molecule has 2 saturated heterocycles. The molecule has 2 atom stereocenters. The van der Waals surface area contributed by atoms with Crippen LogP contribution in [0, 0.1) is 11.8 Å². The number of morpholine rings is 1. The third-order valence-electron chi connectivity index (χ3n) is 6.57. The zero-order valence-corrected chi connectivity index (χ0v) is 19.4. The van der Waals surface area contributed by atoms with Crippen LogP contribution in [0.4, 0.5) is 0 Å². The normalized spacial score (nSPS) is 22.1. The highest BCUT2D eigenvalue weighted by atomic mass is 16.5. The van der Waals surface area contributed by atoms with Crippen LogP contribution in [-0.2, 0) is 22.6 Å². The number of nitrogens with zero attached hydrogens (tertiary/aromatic N) is 2. The summed E-state index contributed by atoms with van der Waals surface area (Å²) in [7, 11) is 1.65. The molecule has 2 aliphatic heterocycles. The fraction of sp³-hybridized carbons (Fsp3) is 0.500. The first-order chi connectivity index (χ1) is 16.1. The summed E-state index contributed by atoms with van der Waals surface area (Å²) in [5.41, 5.74) is 2.21. The maximum atomic E-state index is 13.1. The first-order valence-electron chi connectivity index (χ1n) is 11.8. The van der Waals surface area contributed by atoms with Gasteiger partial charge in [0.1, 0.15) is 11.5 Å². The number of methoxy groups -OCH3 is 1. The molecular formula is C26H35N3O4. The van der Waals surface area contributed by atoms with E-state index in [1.807, 2.05) is 36.4 Å². The molecule has 0 aromatic heterocycles. The van der Waals surface area contributed by atoms with Crippen LogP contribution in [0.15, 0.2) is 48.5 Å². The number of phenolic OH excluding ortho intramolecular Hbond substituents is 1. The van der Waals surface area contributed by atoms with E-state index in [-0.39, 0.29) is 17.6 Å². The summed E-state index contributed by atoms with van der Waals surface area (Å²) in [6.45, 7) is 7.51. The molecule has 0 saturated carbocycles. The zero-order valence-electron chi connectivity index (χ0n) is 19.4. The van der Waals surface area contributed by atoms with E-state index >= 15 is 0 Å². The van der Waals surface area contributed by atoms with Gasteiger partial charge in [0.25, 0.3) is 0 Å². The van der Waals surface area contributed by atoms with E-state index < -0.39 is 0 Å². The van der Waals surface area contributed by atoms with Gasteiger partial charge in [-0.1, -0.05) is 24.3 Å². The third kappa shape index (κ3) is 6.93. The molecule has 7 heteroatoms. The third-order valence-corrected chi connectivity index (χ3v) is 6.57. The van der Waals surface area contributed by atoms with Crippen LogP contribution >= 0.6 is 0 Å². The Balaban J connectivity index is 1.38. The van der Waals surface area contributed by atoms with Crippen molar-refractivity contribution in [3.8, 4) is 11.5 Å². The first-order valence-corrected chi connectivity index (χ1v) is 11.8. The molecule has 0 unspecified atom stereocenters. The molecule has 1 amide bonds. The molecule has 7 nitrogen and oxygen atoms in total. The Bertz CT molecular complexity index is 881. The van der Waals surface area contributed by atoms with Crippen molar-refractivity contribution in [3.63, 3.8) is 0 Å². The number of hydrogen-bond donors (Lipinski definition) is 2. The largest absolute Gasteiger partial charge is 0.508 e. The average Bonchev–Trinajstić information content (AvgIpc) is 2.85. The predicted octanol–water partition coefficient (Wildman–Crippen LogP) is 2.49. The molecule has 0 aliphatic carbocycles. The molecule has 0 radical (unpaired) electrons. The molecule has 2 heterocycles. The minimum atomic E-state index is -0.0415. The summed E-state index contributed by atoms with van der Waals surface area (Å²) < 4.78 is 10.7. The van der Waals surface area contributed by atoms with Crippen molar-refractivity contribution >= 4 is 5.91 Å². The number of likely N-dealkylation sites (tertiary alicyclic amines) is 1. The fourth-order valence-electron chi connectivity index (χ4n) is 4.84. The lowest BCUT2D eigenvalue weighted by Gasteiger charge is -2.40. The standard InChI is InChI=1S/C26H35N3O4/c1-32-25-8-4-20(5-9-25)15-27-26(31)23-14-22(17-28-10-12-33-13-11-28)18-29(19-23)16-21-2-6-24(30)7-3-21/h2-9,22-23,30H,10-19H2,1H3,(H,27,31)/t22-,23-/m1/s1. The Morgan fingerprint density at radius 1 is 1.03 bits per heavy atom. The summed E-state index contributed by atoms with van der Waals surface area (Å²) >= 11 is 0. The lowest BCUT2D eigenvalue weighted by Crippen LogP contribution is -2.49. The smallest absolute Gasteiger partial charge is 0.224 e. The van der Waals surface area contributed by atoms with Crippen molar-refractivity contribution in [1.82, 2.24) is 15.1 Å². The van der Waals surface area contributed by atoms with Crippen LogP contribution in [0.25, 0.3) is 0 Å². The number of carbonyl (C=O) groups excluding carboxylic acids is 1. The van der Waals surface area contributed by atoms with Crippen LogP contribution in [0.2, 0.25) is 0 Å². The first kappa shape index (κ1) is 23.5. The molecular weight excluding hydrogens is 418 g/mol. The number of benzene rings is 2. The monoisotopic (exact) mass is 453 g/mol. The summed E-state index contributed by atoms with van der Waals surface area (Å²) in [6.07, 6.45) is 0.901. The molecule has 2 aromatic rings. The summed E-state index contributed by atoms with van der Waals surface area (Å²) in [6, 6.07) is 15.2. The van der Waals surface area contributed by atoms with Crippen molar-refractivity contribution in [1.29, 1.82) is 0 Å². The topological polar surface area (TPSA) is 74.3 Å². The van der Waals surface area contributed by atoms with Gasteiger partial charge in [-0.05, 0) is 47.7 Å². The Morgan fingerprint density at radius 2 is 1.73 bits per heavy atom. The average molecular weight is 454 g/mol. The second-order valence-electron chi connectivity index (χ2n) is 9.14. The number of phenols is 1. The van der Waals surface area contributed by atoms with Crippen molar-refractivity contribution < 1.29 is 19.4 Å². The molecule has 4 rings (SSSR count). The van der Waals surface area contributed by atoms with E-state index in [0.717, 1.165) is 75.8 Å². The van der Waals surface area contributed by atoms with E-state index in [0.29, 0.717) is 12.5 Å². The summed E-state index contributed by atoms with van der Waals surface area (Å²) in [5, 5.41) is 12.7. The van der Waals surface area contributed by atoms with Crippen molar-refractivity contribution in [2.75, 3.05) is 53.0 Å². The molecule has 2 aliphatic rings. The minimum Gasteiger partial charge on any atom is -0.508 e. The van der Waals surface area contributed by atoms with E-state index in [9.17, 15) is 9.90 Å². The SMILES string of the molecule is COc1ccc(CNC(=O)[C@@H]2C[C@H](CN3CCOCC3)CN(Cc3ccc(O)cc3)C2)cc1. The maximum absolute atomic E-state index is 13.1. The van der Waals surface area contributed by atoms with E-state index in [4.69, 9.17) is 9.47 Å². The highest BCUT2D eigenvalue weighted by molar-refractivity contribution is 5.79. The summed E-state index contributed by atoms with van der Waals surface area (Å²) in [5.74, 6) is 1.60. The Labute approximate surface area is 196 Å². The second kappa shape index (κ2) is 11.5. The van der Waals surface area contributed by atoms with Crippen molar-refractivity contribution in [3.05, 3.63) is 59.7 Å². The lowest BCUT2D eigenvalue weighted by atomic mass is 9.87. The van der Waals surface area contributed by atoms with Gasteiger partial charge >= 0.3 is 0 Å². The van der Waals surface area contributed by atoms with Crippen LogP contribution < -0.4 is 10.1 Å². The van der Waals surface area contributed by atoms with E-state index in [2.05, 4.69) is 15.1 Å². The van der Waals surface area contributed by atoms with Crippen LogP contribution in [-0.4, -0.2) is 73.9 Å². The molecule has 0 spiro atoms. The Morgan fingerprint density at radius 3 is 2.42 bits per heavy atom. The molecule has 0 bridgehead atoms.